The number of hydrogen-bond acceptors (Lipinski definition) is 7. The van der Waals surface area contributed by atoms with Crippen molar-refractivity contribution in [2.75, 3.05) is 25.1 Å². The number of aryl methyl sites for hydroxylation is 1. The summed E-state index contributed by atoms with van der Waals surface area (Å²) in [4.78, 5) is 24.8. The molecule has 1 fully saturated rings. The molecule has 0 aliphatic carbocycles. The second-order valence-corrected chi connectivity index (χ2v) is 9.34. The molecule has 0 spiro atoms. The lowest BCUT2D eigenvalue weighted by Crippen LogP contribution is -2.30. The Kier molecular flexibility index (Phi) is 9.30. The minimum absolute atomic E-state index is 0.140. The molecule has 7 nitrogen and oxygen atoms in total. The van der Waals surface area contributed by atoms with Crippen LogP contribution in [0.1, 0.15) is 31.9 Å². The maximum atomic E-state index is 12.5. The average Bonchev–Trinajstić information content (AvgIpc) is 3.12. The van der Waals surface area contributed by atoms with Crippen LogP contribution in [-0.2, 0) is 20.7 Å². The smallest absolute Gasteiger partial charge is 0.344 e. The number of ether oxygens (including phenoxy) is 3. The van der Waals surface area contributed by atoms with Crippen LogP contribution in [0.15, 0.2) is 41.3 Å². The number of amides is 1. The highest BCUT2D eigenvalue weighted by molar-refractivity contribution is 14.1. The molecule has 9 heteroatoms. The summed E-state index contributed by atoms with van der Waals surface area (Å²) in [6.45, 7) is 6.26. The maximum Gasteiger partial charge on any atom is 0.344 e. The quantitative estimate of drug-likeness (QED) is 0.237. The van der Waals surface area contributed by atoms with Crippen LogP contribution in [0.2, 0.25) is 0 Å². The minimum atomic E-state index is -0.441. The van der Waals surface area contributed by atoms with Gasteiger partial charge in [0, 0.05) is 5.69 Å². The number of rotatable bonds is 10. The van der Waals surface area contributed by atoms with E-state index >= 15 is 0 Å². The maximum absolute atomic E-state index is 12.5. The van der Waals surface area contributed by atoms with E-state index in [-0.39, 0.29) is 18.0 Å². The van der Waals surface area contributed by atoms with Crippen LogP contribution in [0.4, 0.5) is 5.69 Å². The lowest BCUT2D eigenvalue weighted by Gasteiger charge is -2.14. The number of esters is 1. The summed E-state index contributed by atoms with van der Waals surface area (Å²) in [5.74, 6) is 0.406. The summed E-state index contributed by atoms with van der Waals surface area (Å²) in [5, 5.41) is 6.28. The molecule has 1 atom stereocenters. The summed E-state index contributed by atoms with van der Waals surface area (Å²) in [7, 11) is 0. The molecule has 1 aliphatic heterocycles. The van der Waals surface area contributed by atoms with E-state index in [1.807, 2.05) is 31.2 Å². The van der Waals surface area contributed by atoms with Gasteiger partial charge in [-0.1, -0.05) is 30.8 Å². The Morgan fingerprint density at radius 1 is 1.15 bits per heavy atom. The summed E-state index contributed by atoms with van der Waals surface area (Å²) in [6, 6.07) is 11.9. The fourth-order valence-corrected chi connectivity index (χ4v) is 4.88. The van der Waals surface area contributed by atoms with E-state index in [1.165, 1.54) is 17.3 Å². The molecule has 0 aromatic heterocycles. The zero-order chi connectivity index (χ0) is 23.8. The molecule has 2 N–H and O–H groups in total. The Bertz CT molecular complexity index is 1030. The first kappa shape index (κ1) is 25.2. The zero-order valence-corrected chi connectivity index (χ0v) is 21.7. The normalized spacial score (nSPS) is 16.4. The van der Waals surface area contributed by atoms with Gasteiger partial charge in [0.05, 0.1) is 21.7 Å². The summed E-state index contributed by atoms with van der Waals surface area (Å²) >= 11 is 3.55. The molecule has 33 heavy (non-hydrogen) atoms. The highest BCUT2D eigenvalue weighted by Gasteiger charge is 2.27. The molecular weight excluding hydrogens is 555 g/mol. The first-order chi connectivity index (χ1) is 15.9. The fourth-order valence-electron chi connectivity index (χ4n) is 3.11. The van der Waals surface area contributed by atoms with Crippen molar-refractivity contribution >= 4 is 58.0 Å². The SMILES string of the molecule is CCOC(=O)COc1c(I)cc(/C=C2\S[C@@H](Nc3ccc(CC)cc3)NC2=O)cc1OCC. The monoisotopic (exact) mass is 582 g/mol. The third kappa shape index (κ3) is 7.04. The van der Waals surface area contributed by atoms with E-state index in [2.05, 4.69) is 52.3 Å². The van der Waals surface area contributed by atoms with Gasteiger partial charge >= 0.3 is 5.97 Å². The largest absolute Gasteiger partial charge is 0.490 e. The van der Waals surface area contributed by atoms with Gasteiger partial charge in [-0.25, -0.2) is 4.79 Å². The van der Waals surface area contributed by atoms with E-state index in [9.17, 15) is 9.59 Å². The second-order valence-electron chi connectivity index (χ2n) is 7.03. The Morgan fingerprint density at radius 3 is 2.58 bits per heavy atom. The molecule has 0 saturated carbocycles. The van der Waals surface area contributed by atoms with Gasteiger partial charge in [0.15, 0.2) is 23.6 Å². The molecule has 3 rings (SSSR count). The molecule has 2 aromatic rings. The number of carbonyl (C=O) groups is 2. The molecule has 1 heterocycles. The van der Waals surface area contributed by atoms with Crippen LogP contribution in [0, 0.1) is 3.57 Å². The van der Waals surface area contributed by atoms with E-state index in [0.29, 0.717) is 29.6 Å². The number of anilines is 1. The standard InChI is InChI=1S/C24H27IN2O5S/c1-4-15-7-9-17(10-8-15)26-24-27-23(29)20(33-24)13-16-11-18(25)22(19(12-16)30-5-2)32-14-21(28)31-6-3/h7-13,24,26H,4-6,14H2,1-3H3,(H,27,29)/b20-13-/t24-/m0/s1. The van der Waals surface area contributed by atoms with Crippen molar-refractivity contribution in [2.45, 2.75) is 32.7 Å². The Morgan fingerprint density at radius 2 is 1.91 bits per heavy atom. The highest BCUT2D eigenvalue weighted by atomic mass is 127. The summed E-state index contributed by atoms with van der Waals surface area (Å²) in [5.41, 5.74) is 2.76. The van der Waals surface area contributed by atoms with Crippen LogP contribution in [0.25, 0.3) is 6.08 Å². The van der Waals surface area contributed by atoms with Gasteiger partial charge in [0.2, 0.25) is 0 Å². The van der Waals surface area contributed by atoms with Crippen LogP contribution < -0.4 is 20.1 Å². The first-order valence-electron chi connectivity index (χ1n) is 10.7. The Hall–Kier alpha value is -2.40. The lowest BCUT2D eigenvalue weighted by atomic mass is 10.1. The molecule has 0 unspecified atom stereocenters. The van der Waals surface area contributed by atoms with Crippen molar-refractivity contribution in [1.29, 1.82) is 0 Å². The van der Waals surface area contributed by atoms with Gasteiger partial charge in [-0.2, -0.15) is 0 Å². The van der Waals surface area contributed by atoms with Crippen LogP contribution in [0.5, 0.6) is 11.5 Å². The van der Waals surface area contributed by atoms with Crippen molar-refractivity contribution in [1.82, 2.24) is 5.32 Å². The number of carbonyl (C=O) groups excluding carboxylic acids is 2. The molecule has 2 aromatic carbocycles. The zero-order valence-electron chi connectivity index (χ0n) is 18.8. The van der Waals surface area contributed by atoms with Gasteiger partial charge in [0.25, 0.3) is 5.91 Å². The van der Waals surface area contributed by atoms with Crippen molar-refractivity contribution < 1.29 is 23.8 Å². The molecular formula is C24H27IN2O5S. The third-order valence-electron chi connectivity index (χ3n) is 4.66. The van der Waals surface area contributed by atoms with Gasteiger partial charge < -0.3 is 24.8 Å². The number of halogens is 1. The molecule has 0 bridgehead atoms. The average molecular weight is 582 g/mol. The first-order valence-corrected chi connectivity index (χ1v) is 12.7. The molecule has 1 aliphatic rings. The van der Waals surface area contributed by atoms with Crippen molar-refractivity contribution in [3.63, 3.8) is 0 Å². The van der Waals surface area contributed by atoms with Crippen molar-refractivity contribution in [3.05, 3.63) is 56.0 Å². The van der Waals surface area contributed by atoms with Crippen LogP contribution in [-0.4, -0.2) is 37.2 Å². The fraction of sp³-hybridized carbons (Fsp3) is 0.333. The van der Waals surface area contributed by atoms with Gasteiger partial charge in [-0.15, -0.1) is 0 Å². The van der Waals surface area contributed by atoms with E-state index in [0.717, 1.165) is 21.2 Å². The second kappa shape index (κ2) is 12.2. The van der Waals surface area contributed by atoms with Gasteiger partial charge in [-0.3, -0.25) is 4.79 Å². The van der Waals surface area contributed by atoms with E-state index in [4.69, 9.17) is 14.2 Å². The van der Waals surface area contributed by atoms with Crippen LogP contribution >= 0.6 is 34.4 Å². The molecule has 1 amide bonds. The van der Waals surface area contributed by atoms with Gasteiger partial charge in [-0.05, 0) is 84.3 Å². The van der Waals surface area contributed by atoms with Crippen molar-refractivity contribution in [3.8, 4) is 11.5 Å². The Labute approximate surface area is 211 Å². The predicted molar refractivity (Wildman–Crippen MR) is 139 cm³/mol. The lowest BCUT2D eigenvalue weighted by molar-refractivity contribution is -0.145. The number of benzene rings is 2. The summed E-state index contributed by atoms with van der Waals surface area (Å²) < 4.78 is 17.1. The number of hydrogen-bond donors (Lipinski definition) is 2. The minimum Gasteiger partial charge on any atom is -0.490 e. The predicted octanol–water partition coefficient (Wildman–Crippen LogP) is 4.79. The van der Waals surface area contributed by atoms with Gasteiger partial charge in [0.1, 0.15) is 0 Å². The molecule has 1 saturated heterocycles. The van der Waals surface area contributed by atoms with E-state index in [1.54, 1.807) is 13.0 Å². The topological polar surface area (TPSA) is 85.9 Å². The molecule has 176 valence electrons. The highest BCUT2D eigenvalue weighted by Crippen LogP contribution is 2.37. The Balaban J connectivity index is 1.74. The summed E-state index contributed by atoms with van der Waals surface area (Å²) in [6.07, 6.45) is 2.80. The third-order valence-corrected chi connectivity index (χ3v) is 6.49. The van der Waals surface area contributed by atoms with E-state index < -0.39 is 5.97 Å². The number of nitrogens with one attached hydrogen (secondary N) is 2. The van der Waals surface area contributed by atoms with Crippen molar-refractivity contribution in [2.24, 2.45) is 0 Å². The molecule has 0 radical (unpaired) electrons. The van der Waals surface area contributed by atoms with Crippen LogP contribution in [0.3, 0.4) is 0 Å². The number of thioether (sulfide) groups is 1.